The van der Waals surface area contributed by atoms with Crippen LogP contribution in [0.4, 0.5) is 11.4 Å². The predicted octanol–water partition coefficient (Wildman–Crippen LogP) is 3.02. The Kier molecular flexibility index (Phi) is 4.48. The Hall–Kier alpha value is -2.46. The zero-order chi connectivity index (χ0) is 18.2. The van der Waals surface area contributed by atoms with Crippen LogP contribution in [0.1, 0.15) is 5.69 Å². The summed E-state index contributed by atoms with van der Waals surface area (Å²) in [5.74, 6) is 0. The van der Waals surface area contributed by atoms with Gasteiger partial charge in [-0.05, 0) is 40.2 Å². The Balaban J connectivity index is 1.87. The van der Waals surface area contributed by atoms with Crippen molar-refractivity contribution in [2.75, 3.05) is 11.6 Å². The summed E-state index contributed by atoms with van der Waals surface area (Å²) in [6.07, 6.45) is 4.67. The van der Waals surface area contributed by atoms with Crippen molar-refractivity contribution in [3.63, 3.8) is 0 Å². The van der Waals surface area contributed by atoms with Gasteiger partial charge in [-0.3, -0.25) is 10.1 Å². The fourth-order valence-electron chi connectivity index (χ4n) is 2.33. The summed E-state index contributed by atoms with van der Waals surface area (Å²) in [7, 11) is -3.52. The highest BCUT2D eigenvalue weighted by atomic mass is 79.9. The molecule has 8 nitrogen and oxygen atoms in total. The summed E-state index contributed by atoms with van der Waals surface area (Å²) in [5, 5.41) is 14.2. The molecule has 25 heavy (non-hydrogen) atoms. The zero-order valence-corrected chi connectivity index (χ0v) is 15.4. The van der Waals surface area contributed by atoms with Gasteiger partial charge < -0.3 is 9.72 Å². The minimum absolute atomic E-state index is 0.0951. The number of nitro benzene ring substituents is 1. The highest BCUT2D eigenvalue weighted by molar-refractivity contribution is 9.10. The summed E-state index contributed by atoms with van der Waals surface area (Å²) in [4.78, 5) is 14.9. The van der Waals surface area contributed by atoms with Gasteiger partial charge in [0.1, 0.15) is 11.3 Å². The molecule has 0 saturated carbocycles. The average Bonchev–Trinajstić information content (AvgIpc) is 2.93. The molecular weight excluding hydrogens is 412 g/mol. The predicted molar refractivity (Wildman–Crippen MR) is 96.4 cm³/mol. The Bertz CT molecular complexity index is 1080. The van der Waals surface area contributed by atoms with E-state index < -0.39 is 14.8 Å². The molecule has 0 atom stereocenters. The van der Waals surface area contributed by atoms with Crippen molar-refractivity contribution in [1.82, 2.24) is 9.38 Å². The molecule has 10 heteroatoms. The number of hydrogen-bond acceptors (Lipinski definition) is 6. The number of anilines is 1. The second kappa shape index (κ2) is 6.45. The molecule has 3 rings (SSSR count). The lowest BCUT2D eigenvalue weighted by Gasteiger charge is -2.07. The van der Waals surface area contributed by atoms with Crippen LogP contribution in [0.15, 0.2) is 52.1 Å². The van der Waals surface area contributed by atoms with Crippen molar-refractivity contribution in [1.29, 1.82) is 0 Å². The van der Waals surface area contributed by atoms with E-state index in [0.717, 1.165) is 22.4 Å². The van der Waals surface area contributed by atoms with E-state index in [1.165, 1.54) is 12.1 Å². The van der Waals surface area contributed by atoms with Crippen LogP contribution in [0, 0.1) is 10.1 Å². The number of benzene rings is 1. The molecule has 0 fully saturated rings. The summed E-state index contributed by atoms with van der Waals surface area (Å²) < 4.78 is 25.9. The molecule has 0 spiro atoms. The molecule has 0 aliphatic carbocycles. The standard InChI is InChI=1S/C15H13BrN4O4S/c1-25(23,24)12-3-4-13(14(6-12)20(21)22)17-7-11-9-19-8-10(16)2-5-15(19)18-11/h2-6,8-9,17H,7H2,1H3. The summed E-state index contributed by atoms with van der Waals surface area (Å²) in [5.41, 5.74) is 1.38. The molecule has 0 aliphatic heterocycles. The van der Waals surface area contributed by atoms with Crippen molar-refractivity contribution in [2.24, 2.45) is 0 Å². The fourth-order valence-corrected chi connectivity index (χ4v) is 3.32. The quantitative estimate of drug-likeness (QED) is 0.498. The van der Waals surface area contributed by atoms with E-state index in [9.17, 15) is 18.5 Å². The van der Waals surface area contributed by atoms with Crippen molar-refractivity contribution >= 4 is 42.8 Å². The molecule has 0 radical (unpaired) electrons. The first kappa shape index (κ1) is 17.4. The molecule has 2 heterocycles. The van der Waals surface area contributed by atoms with Crippen molar-refractivity contribution in [3.05, 3.63) is 63.0 Å². The Morgan fingerprint density at radius 1 is 1.28 bits per heavy atom. The molecule has 0 unspecified atom stereocenters. The van der Waals surface area contributed by atoms with Gasteiger partial charge >= 0.3 is 0 Å². The molecule has 0 saturated heterocycles. The minimum Gasteiger partial charge on any atom is -0.374 e. The Morgan fingerprint density at radius 3 is 2.72 bits per heavy atom. The van der Waals surface area contributed by atoms with Crippen LogP contribution in [-0.2, 0) is 16.4 Å². The number of pyridine rings is 1. The number of nitrogens with zero attached hydrogens (tertiary/aromatic N) is 3. The lowest BCUT2D eigenvalue weighted by Crippen LogP contribution is -2.05. The molecule has 0 bridgehead atoms. The van der Waals surface area contributed by atoms with Crippen molar-refractivity contribution in [2.45, 2.75) is 11.4 Å². The molecule has 130 valence electrons. The SMILES string of the molecule is CS(=O)(=O)c1ccc(NCc2cn3cc(Br)ccc3n2)c([N+](=O)[O-])c1. The van der Waals surface area contributed by atoms with Gasteiger partial charge in [0.25, 0.3) is 5.69 Å². The van der Waals surface area contributed by atoms with E-state index >= 15 is 0 Å². The highest BCUT2D eigenvalue weighted by Crippen LogP contribution is 2.28. The first-order chi connectivity index (χ1) is 11.7. The third-order valence-corrected chi connectivity index (χ3v) is 5.10. The average molecular weight is 425 g/mol. The van der Waals surface area contributed by atoms with Crippen molar-refractivity contribution < 1.29 is 13.3 Å². The van der Waals surface area contributed by atoms with Crippen LogP contribution < -0.4 is 5.32 Å². The van der Waals surface area contributed by atoms with Crippen molar-refractivity contribution in [3.8, 4) is 0 Å². The number of aromatic nitrogens is 2. The van der Waals surface area contributed by atoms with Gasteiger partial charge in [0.2, 0.25) is 0 Å². The van der Waals surface area contributed by atoms with E-state index in [-0.39, 0.29) is 22.8 Å². The van der Waals surface area contributed by atoms with E-state index in [1.54, 1.807) is 0 Å². The van der Waals surface area contributed by atoms with Crippen LogP contribution in [0.3, 0.4) is 0 Å². The third kappa shape index (κ3) is 3.80. The van der Waals surface area contributed by atoms with E-state index in [0.29, 0.717) is 5.69 Å². The van der Waals surface area contributed by atoms with E-state index in [4.69, 9.17) is 0 Å². The maximum Gasteiger partial charge on any atom is 0.293 e. The van der Waals surface area contributed by atoms with Gasteiger partial charge in [0.15, 0.2) is 9.84 Å². The highest BCUT2D eigenvalue weighted by Gasteiger charge is 2.18. The maximum atomic E-state index is 11.6. The smallest absolute Gasteiger partial charge is 0.293 e. The first-order valence-electron chi connectivity index (χ1n) is 7.09. The van der Waals surface area contributed by atoms with Gasteiger partial charge in [0.05, 0.1) is 22.1 Å². The van der Waals surface area contributed by atoms with Gasteiger partial charge in [-0.1, -0.05) is 0 Å². The maximum absolute atomic E-state index is 11.6. The number of fused-ring (bicyclic) bond motifs is 1. The lowest BCUT2D eigenvalue weighted by atomic mass is 10.2. The molecule has 3 aromatic rings. The first-order valence-corrected chi connectivity index (χ1v) is 9.78. The molecular formula is C15H13BrN4O4S. The molecule has 0 aliphatic rings. The topological polar surface area (TPSA) is 107 Å². The molecule has 2 aromatic heterocycles. The number of nitrogens with one attached hydrogen (secondary N) is 1. The number of hydrogen-bond donors (Lipinski definition) is 1. The number of rotatable bonds is 5. The monoisotopic (exact) mass is 424 g/mol. The Labute approximate surface area is 151 Å². The zero-order valence-electron chi connectivity index (χ0n) is 13.0. The minimum atomic E-state index is -3.52. The van der Waals surface area contributed by atoms with Crippen LogP contribution in [-0.4, -0.2) is 29.0 Å². The van der Waals surface area contributed by atoms with Gasteiger partial charge in [-0.2, -0.15) is 0 Å². The second-order valence-electron chi connectivity index (χ2n) is 5.41. The molecule has 1 N–H and O–H groups in total. The van der Waals surface area contributed by atoms with Crippen LogP contribution in [0.2, 0.25) is 0 Å². The fraction of sp³-hybridized carbons (Fsp3) is 0.133. The van der Waals surface area contributed by atoms with Gasteiger partial charge in [-0.25, -0.2) is 13.4 Å². The lowest BCUT2D eigenvalue weighted by molar-refractivity contribution is -0.384. The number of sulfone groups is 1. The number of imidazole rings is 1. The van der Waals surface area contributed by atoms with Crippen LogP contribution in [0.25, 0.3) is 5.65 Å². The van der Waals surface area contributed by atoms with E-state index in [1.807, 2.05) is 28.9 Å². The number of nitro groups is 1. The summed E-state index contributed by atoms with van der Waals surface area (Å²) in [6.45, 7) is 0.262. The van der Waals surface area contributed by atoms with Gasteiger partial charge in [0, 0.05) is 29.2 Å². The van der Waals surface area contributed by atoms with Crippen LogP contribution >= 0.6 is 15.9 Å². The van der Waals surface area contributed by atoms with Crippen LogP contribution in [0.5, 0.6) is 0 Å². The number of halogens is 1. The largest absolute Gasteiger partial charge is 0.374 e. The van der Waals surface area contributed by atoms with Gasteiger partial charge in [-0.15, -0.1) is 0 Å². The normalized spacial score (nSPS) is 11.6. The Morgan fingerprint density at radius 2 is 2.04 bits per heavy atom. The molecule has 1 aromatic carbocycles. The second-order valence-corrected chi connectivity index (χ2v) is 8.34. The van der Waals surface area contributed by atoms with E-state index in [2.05, 4.69) is 26.2 Å². The third-order valence-electron chi connectivity index (χ3n) is 3.52. The summed E-state index contributed by atoms with van der Waals surface area (Å²) in [6, 6.07) is 7.50. The molecule has 0 amide bonds. The summed E-state index contributed by atoms with van der Waals surface area (Å²) >= 11 is 3.38.